The van der Waals surface area contributed by atoms with Gasteiger partial charge in [0.25, 0.3) is 5.91 Å². The average molecular weight is 365 g/mol. The van der Waals surface area contributed by atoms with Gasteiger partial charge in [-0.2, -0.15) is 0 Å². The second-order valence-corrected chi connectivity index (χ2v) is 7.90. The summed E-state index contributed by atoms with van der Waals surface area (Å²) in [6.07, 6.45) is 0. The maximum Gasteiger partial charge on any atom is 0.330 e. The number of hydrogen-bond acceptors (Lipinski definition) is 6. The molecule has 2 rings (SSSR count). The van der Waals surface area contributed by atoms with E-state index < -0.39 is 27.3 Å². The summed E-state index contributed by atoms with van der Waals surface area (Å²) in [6, 6.07) is 10.7. The van der Waals surface area contributed by atoms with Crippen LogP contribution in [0, 0.1) is 0 Å². The van der Waals surface area contributed by atoms with Crippen molar-refractivity contribution >= 4 is 21.7 Å². The van der Waals surface area contributed by atoms with Crippen molar-refractivity contribution in [3.63, 3.8) is 0 Å². The maximum absolute atomic E-state index is 12.3. The van der Waals surface area contributed by atoms with Gasteiger partial charge in [0.15, 0.2) is 15.6 Å². The van der Waals surface area contributed by atoms with E-state index in [1.54, 1.807) is 18.2 Å². The smallest absolute Gasteiger partial charge is 0.330 e. The van der Waals surface area contributed by atoms with Crippen LogP contribution in [-0.4, -0.2) is 32.9 Å². The van der Waals surface area contributed by atoms with Gasteiger partial charge in [-0.25, -0.2) is 13.2 Å². The Kier molecular flexibility index (Phi) is 5.32. The Morgan fingerprint density at radius 1 is 1.12 bits per heavy atom. The van der Waals surface area contributed by atoms with Gasteiger partial charge in [-0.05, 0) is 38.1 Å². The summed E-state index contributed by atoms with van der Waals surface area (Å²) in [4.78, 5) is 23.9. The van der Waals surface area contributed by atoms with Crippen molar-refractivity contribution in [2.24, 2.45) is 0 Å². The highest BCUT2D eigenvalue weighted by atomic mass is 32.2. The highest BCUT2D eigenvalue weighted by Crippen LogP contribution is 2.18. The van der Waals surface area contributed by atoms with Crippen LogP contribution in [0.5, 0.6) is 0 Å². The van der Waals surface area contributed by atoms with Gasteiger partial charge in [0.2, 0.25) is 0 Å². The Bertz CT molecular complexity index is 868. The number of methoxy groups -OCH3 is 1. The van der Waals surface area contributed by atoms with E-state index in [0.29, 0.717) is 0 Å². The van der Waals surface area contributed by atoms with Crippen LogP contribution in [0.15, 0.2) is 51.8 Å². The number of rotatable bonds is 6. The summed E-state index contributed by atoms with van der Waals surface area (Å²) >= 11 is 0. The fourth-order valence-corrected chi connectivity index (χ4v) is 3.40. The van der Waals surface area contributed by atoms with Crippen molar-refractivity contribution < 1.29 is 27.2 Å². The zero-order valence-corrected chi connectivity index (χ0v) is 14.9. The SMILES string of the molecule is COC(=O)C(C)(C)NC(=O)c1ccc(CS(=O)(=O)c2ccccc2)o1. The molecule has 0 aliphatic heterocycles. The van der Waals surface area contributed by atoms with Gasteiger partial charge in [0, 0.05) is 0 Å². The number of benzene rings is 1. The predicted molar refractivity (Wildman–Crippen MR) is 89.6 cm³/mol. The number of hydrogen-bond donors (Lipinski definition) is 1. The standard InChI is InChI=1S/C17H19NO6S/c1-17(2,16(20)23-3)18-15(19)14-10-9-12(24-14)11-25(21,22)13-7-5-4-6-8-13/h4-10H,11H2,1-3H3,(H,18,19). The molecule has 134 valence electrons. The number of nitrogens with one attached hydrogen (secondary N) is 1. The second kappa shape index (κ2) is 7.10. The van der Waals surface area contributed by atoms with Crippen LogP contribution in [0.2, 0.25) is 0 Å². The third-order valence-electron chi connectivity index (χ3n) is 3.44. The van der Waals surface area contributed by atoms with Gasteiger partial charge < -0.3 is 14.5 Å². The van der Waals surface area contributed by atoms with Crippen molar-refractivity contribution in [3.05, 3.63) is 54.0 Å². The molecule has 7 nitrogen and oxygen atoms in total. The van der Waals surface area contributed by atoms with E-state index in [4.69, 9.17) is 4.42 Å². The molecular formula is C17H19NO6S. The summed E-state index contributed by atoms with van der Waals surface area (Å²) < 4.78 is 34.6. The molecular weight excluding hydrogens is 346 g/mol. The molecule has 0 saturated heterocycles. The minimum atomic E-state index is -3.58. The lowest BCUT2D eigenvalue weighted by atomic mass is 10.1. The molecule has 1 amide bonds. The predicted octanol–water partition coefficient (Wildman–Crippen LogP) is 1.93. The summed E-state index contributed by atoms with van der Waals surface area (Å²) in [5, 5.41) is 2.47. The quantitative estimate of drug-likeness (QED) is 0.785. The van der Waals surface area contributed by atoms with Crippen molar-refractivity contribution in [2.75, 3.05) is 7.11 Å². The Morgan fingerprint density at radius 3 is 2.36 bits per heavy atom. The first-order valence-corrected chi connectivity index (χ1v) is 9.08. The van der Waals surface area contributed by atoms with Crippen molar-refractivity contribution in [1.29, 1.82) is 0 Å². The minimum absolute atomic E-state index is 0.0877. The second-order valence-electron chi connectivity index (χ2n) is 5.91. The average Bonchev–Trinajstić information content (AvgIpc) is 3.02. The highest BCUT2D eigenvalue weighted by Gasteiger charge is 2.32. The summed E-state index contributed by atoms with van der Waals surface area (Å²) in [5.74, 6) is -1.58. The minimum Gasteiger partial charge on any atom is -0.467 e. The zero-order chi connectivity index (χ0) is 18.7. The van der Waals surface area contributed by atoms with E-state index in [9.17, 15) is 18.0 Å². The van der Waals surface area contributed by atoms with Gasteiger partial charge in [-0.15, -0.1) is 0 Å². The van der Waals surface area contributed by atoms with E-state index in [1.807, 2.05) is 0 Å². The first-order valence-electron chi connectivity index (χ1n) is 7.43. The van der Waals surface area contributed by atoms with Gasteiger partial charge in [0.05, 0.1) is 12.0 Å². The molecule has 1 aromatic carbocycles. The van der Waals surface area contributed by atoms with E-state index in [2.05, 4.69) is 10.1 Å². The molecule has 1 aromatic heterocycles. The number of sulfone groups is 1. The normalized spacial score (nSPS) is 11.8. The van der Waals surface area contributed by atoms with E-state index in [0.717, 1.165) is 0 Å². The van der Waals surface area contributed by atoms with Crippen LogP contribution in [0.4, 0.5) is 0 Å². The monoisotopic (exact) mass is 365 g/mol. The first kappa shape index (κ1) is 18.7. The molecule has 1 N–H and O–H groups in total. The van der Waals surface area contributed by atoms with E-state index >= 15 is 0 Å². The molecule has 0 aliphatic rings. The third-order valence-corrected chi connectivity index (χ3v) is 5.10. The van der Waals surface area contributed by atoms with Crippen molar-refractivity contribution in [2.45, 2.75) is 30.0 Å². The number of carbonyl (C=O) groups is 2. The van der Waals surface area contributed by atoms with Crippen LogP contribution < -0.4 is 5.32 Å². The van der Waals surface area contributed by atoms with Gasteiger partial charge in [-0.1, -0.05) is 18.2 Å². The molecule has 25 heavy (non-hydrogen) atoms. The fourth-order valence-electron chi connectivity index (χ4n) is 2.13. The molecule has 0 bridgehead atoms. The molecule has 2 aromatic rings. The number of amides is 1. The Labute approximate surface area is 145 Å². The number of esters is 1. The molecule has 1 heterocycles. The first-order chi connectivity index (χ1) is 11.7. The number of ether oxygens (including phenoxy) is 1. The molecule has 0 spiro atoms. The van der Waals surface area contributed by atoms with Crippen LogP contribution in [0.3, 0.4) is 0 Å². The summed E-state index contributed by atoms with van der Waals surface area (Å²) in [7, 11) is -2.36. The van der Waals surface area contributed by atoms with E-state index in [1.165, 1.54) is 45.2 Å². The Morgan fingerprint density at radius 2 is 1.76 bits per heavy atom. The molecule has 0 radical (unpaired) electrons. The zero-order valence-electron chi connectivity index (χ0n) is 14.1. The number of furan rings is 1. The maximum atomic E-state index is 12.3. The van der Waals surface area contributed by atoms with Crippen molar-refractivity contribution in [1.82, 2.24) is 5.32 Å². The highest BCUT2D eigenvalue weighted by molar-refractivity contribution is 7.90. The Balaban J connectivity index is 2.12. The topological polar surface area (TPSA) is 103 Å². The van der Waals surface area contributed by atoms with Crippen LogP contribution >= 0.6 is 0 Å². The molecule has 0 aliphatic carbocycles. The molecule has 0 unspecified atom stereocenters. The van der Waals surface area contributed by atoms with Crippen molar-refractivity contribution in [3.8, 4) is 0 Å². The lowest BCUT2D eigenvalue weighted by Crippen LogP contribution is -2.50. The fraction of sp³-hybridized carbons (Fsp3) is 0.294. The van der Waals surface area contributed by atoms with Crippen LogP contribution in [-0.2, 0) is 25.1 Å². The van der Waals surface area contributed by atoms with E-state index in [-0.39, 0.29) is 22.2 Å². The molecule has 0 atom stereocenters. The van der Waals surface area contributed by atoms with Gasteiger partial charge in [0.1, 0.15) is 17.1 Å². The van der Waals surface area contributed by atoms with Crippen LogP contribution in [0.25, 0.3) is 0 Å². The van der Waals surface area contributed by atoms with Crippen LogP contribution in [0.1, 0.15) is 30.2 Å². The van der Waals surface area contributed by atoms with Gasteiger partial charge in [-0.3, -0.25) is 4.79 Å². The lowest BCUT2D eigenvalue weighted by molar-refractivity contribution is -0.146. The lowest BCUT2D eigenvalue weighted by Gasteiger charge is -2.22. The largest absolute Gasteiger partial charge is 0.467 e. The Hall–Kier alpha value is -2.61. The summed E-state index contributed by atoms with van der Waals surface area (Å²) in [6.45, 7) is 2.97. The van der Waals surface area contributed by atoms with Gasteiger partial charge >= 0.3 is 5.97 Å². The number of carbonyl (C=O) groups excluding carboxylic acids is 2. The summed E-state index contributed by atoms with van der Waals surface area (Å²) in [5.41, 5.74) is -1.24. The third kappa shape index (κ3) is 4.48. The molecule has 0 fully saturated rings. The molecule has 8 heteroatoms. The molecule has 0 saturated carbocycles.